The number of nitrogens with one attached hydrogen (secondary N) is 3. The number of rotatable bonds is 6. The smallest absolute Gasteiger partial charge is 0.274 e. The minimum absolute atomic E-state index is 0.287. The summed E-state index contributed by atoms with van der Waals surface area (Å²) in [4.78, 5) is 45.3. The lowest BCUT2D eigenvalue weighted by molar-refractivity contribution is 0.0997. The van der Waals surface area contributed by atoms with Crippen molar-refractivity contribution in [3.8, 4) is 11.1 Å². The molecule has 0 saturated carbocycles. The standard InChI is InChI=1S/C33H24FN5O3/c1-18-22(5-4-7-26(18)39-32(41)19-8-10-20(34)11-9-19)23-14-15-25(31(35)40)30-29(23)24-13-12-21(17-28(24)38-30)37-33(42)27-6-2-3-16-36-27/h2-17,38H,1H3,(H2,35,40)(H,37,42)(H,39,41). The number of hydrogen-bond acceptors (Lipinski definition) is 4. The fourth-order valence-corrected chi connectivity index (χ4v) is 5.07. The number of pyridine rings is 1. The molecular weight excluding hydrogens is 533 g/mol. The van der Waals surface area contributed by atoms with Crippen LogP contribution in [0.1, 0.15) is 36.8 Å². The Bertz CT molecular complexity index is 2020. The zero-order chi connectivity index (χ0) is 29.4. The summed E-state index contributed by atoms with van der Waals surface area (Å²) in [5.41, 5.74) is 11.5. The molecule has 6 rings (SSSR count). The first kappa shape index (κ1) is 26.4. The third kappa shape index (κ3) is 4.84. The lowest BCUT2D eigenvalue weighted by Crippen LogP contribution is -2.13. The van der Waals surface area contributed by atoms with E-state index in [0.717, 1.165) is 27.5 Å². The fraction of sp³-hybridized carbons (Fsp3) is 0.0303. The normalized spacial score (nSPS) is 11.0. The van der Waals surface area contributed by atoms with E-state index in [4.69, 9.17) is 5.73 Å². The molecule has 2 heterocycles. The van der Waals surface area contributed by atoms with Gasteiger partial charge in [0.1, 0.15) is 11.5 Å². The van der Waals surface area contributed by atoms with Crippen molar-refractivity contribution < 1.29 is 18.8 Å². The molecule has 0 saturated heterocycles. The monoisotopic (exact) mass is 557 g/mol. The van der Waals surface area contributed by atoms with Gasteiger partial charge >= 0.3 is 0 Å². The summed E-state index contributed by atoms with van der Waals surface area (Å²) in [6, 6.07) is 24.9. The van der Waals surface area contributed by atoms with Gasteiger partial charge in [0.05, 0.1) is 11.1 Å². The van der Waals surface area contributed by atoms with E-state index in [1.807, 2.05) is 31.2 Å². The summed E-state index contributed by atoms with van der Waals surface area (Å²) in [5, 5.41) is 7.36. The van der Waals surface area contributed by atoms with Crippen LogP contribution >= 0.6 is 0 Å². The maximum atomic E-state index is 13.3. The molecule has 8 nitrogen and oxygen atoms in total. The first-order valence-corrected chi connectivity index (χ1v) is 13.1. The second kappa shape index (κ2) is 10.6. The predicted molar refractivity (Wildman–Crippen MR) is 161 cm³/mol. The van der Waals surface area contributed by atoms with Gasteiger partial charge in [-0.2, -0.15) is 0 Å². The summed E-state index contributed by atoms with van der Waals surface area (Å²) >= 11 is 0. The minimum Gasteiger partial charge on any atom is -0.366 e. The van der Waals surface area contributed by atoms with Crippen LogP contribution in [0.5, 0.6) is 0 Å². The van der Waals surface area contributed by atoms with Crippen LogP contribution in [0, 0.1) is 12.7 Å². The number of anilines is 2. The molecule has 5 N–H and O–H groups in total. The van der Waals surface area contributed by atoms with Crippen LogP contribution in [0.3, 0.4) is 0 Å². The van der Waals surface area contributed by atoms with Gasteiger partial charge in [-0.1, -0.05) is 30.3 Å². The van der Waals surface area contributed by atoms with Crippen molar-refractivity contribution in [3.05, 3.63) is 125 Å². The molecule has 0 radical (unpaired) electrons. The number of fused-ring (bicyclic) bond motifs is 3. The Balaban J connectivity index is 1.43. The number of nitrogens with zero attached hydrogens (tertiary/aromatic N) is 1. The van der Waals surface area contributed by atoms with Gasteiger partial charge in [-0.15, -0.1) is 0 Å². The van der Waals surface area contributed by atoms with E-state index in [0.29, 0.717) is 33.5 Å². The number of primary amides is 1. The van der Waals surface area contributed by atoms with Crippen LogP contribution in [0.25, 0.3) is 32.9 Å². The zero-order valence-corrected chi connectivity index (χ0v) is 22.4. The number of H-pyrrole nitrogens is 1. The number of nitrogens with two attached hydrogens (primary N) is 1. The number of amides is 3. The van der Waals surface area contributed by atoms with Gasteiger partial charge < -0.3 is 21.4 Å². The molecule has 0 aliphatic carbocycles. The van der Waals surface area contributed by atoms with Crippen molar-refractivity contribution in [2.45, 2.75) is 6.92 Å². The van der Waals surface area contributed by atoms with E-state index in [1.165, 1.54) is 24.3 Å². The molecule has 206 valence electrons. The Morgan fingerprint density at radius 1 is 0.833 bits per heavy atom. The summed E-state index contributed by atoms with van der Waals surface area (Å²) in [5.74, 6) is -1.72. The van der Waals surface area contributed by atoms with Gasteiger partial charge in [0, 0.05) is 39.4 Å². The number of benzene rings is 4. The van der Waals surface area contributed by atoms with Gasteiger partial charge in [0.2, 0.25) is 0 Å². The maximum Gasteiger partial charge on any atom is 0.274 e. The van der Waals surface area contributed by atoms with Gasteiger partial charge in [-0.3, -0.25) is 19.4 Å². The highest BCUT2D eigenvalue weighted by Crippen LogP contribution is 2.39. The molecule has 3 amide bonds. The van der Waals surface area contributed by atoms with Crippen molar-refractivity contribution in [1.29, 1.82) is 0 Å². The van der Waals surface area contributed by atoms with Crippen molar-refractivity contribution in [2.24, 2.45) is 5.73 Å². The number of aromatic nitrogens is 2. The molecule has 2 aromatic heterocycles. The predicted octanol–water partition coefficient (Wildman–Crippen LogP) is 6.43. The first-order valence-electron chi connectivity index (χ1n) is 13.1. The summed E-state index contributed by atoms with van der Waals surface area (Å²) < 4.78 is 13.3. The molecule has 0 atom stereocenters. The van der Waals surface area contributed by atoms with E-state index in [9.17, 15) is 18.8 Å². The minimum atomic E-state index is -0.584. The molecule has 0 fully saturated rings. The van der Waals surface area contributed by atoms with Crippen LogP contribution in [0.2, 0.25) is 0 Å². The molecule has 6 aromatic rings. The average Bonchev–Trinajstić information content (AvgIpc) is 3.37. The highest BCUT2D eigenvalue weighted by molar-refractivity contribution is 6.20. The molecule has 0 unspecified atom stereocenters. The van der Waals surface area contributed by atoms with E-state index in [-0.39, 0.29) is 17.5 Å². The van der Waals surface area contributed by atoms with Crippen molar-refractivity contribution in [2.75, 3.05) is 10.6 Å². The average molecular weight is 558 g/mol. The first-order chi connectivity index (χ1) is 20.3. The van der Waals surface area contributed by atoms with Gasteiger partial charge in [0.15, 0.2) is 0 Å². The number of carbonyl (C=O) groups is 3. The Hall–Kier alpha value is -5.83. The fourth-order valence-electron chi connectivity index (χ4n) is 5.07. The van der Waals surface area contributed by atoms with E-state index in [1.54, 1.807) is 48.7 Å². The Kier molecular flexibility index (Phi) is 6.68. The Labute approximate surface area is 239 Å². The number of halogens is 1. The van der Waals surface area contributed by atoms with Crippen LogP contribution in [0.4, 0.5) is 15.8 Å². The molecule has 0 aliphatic heterocycles. The molecule has 0 spiro atoms. The van der Waals surface area contributed by atoms with Crippen LogP contribution in [0.15, 0.2) is 97.2 Å². The van der Waals surface area contributed by atoms with E-state index < -0.39 is 11.7 Å². The molecule has 4 aromatic carbocycles. The summed E-state index contributed by atoms with van der Waals surface area (Å²) in [7, 11) is 0. The summed E-state index contributed by atoms with van der Waals surface area (Å²) in [6.07, 6.45) is 1.55. The van der Waals surface area contributed by atoms with Crippen molar-refractivity contribution >= 4 is 50.9 Å². The SMILES string of the molecule is Cc1c(NC(=O)c2ccc(F)cc2)cccc1-c1ccc(C(N)=O)c2[nH]c3cc(NC(=O)c4ccccn4)ccc3c12. The van der Waals surface area contributed by atoms with Crippen molar-refractivity contribution in [1.82, 2.24) is 9.97 Å². The Morgan fingerprint density at radius 3 is 2.38 bits per heavy atom. The number of aromatic amines is 1. The largest absolute Gasteiger partial charge is 0.366 e. The Morgan fingerprint density at radius 2 is 1.64 bits per heavy atom. The van der Waals surface area contributed by atoms with Gasteiger partial charge in [0.25, 0.3) is 17.7 Å². The quantitative estimate of drug-likeness (QED) is 0.188. The second-order valence-corrected chi connectivity index (χ2v) is 9.77. The zero-order valence-electron chi connectivity index (χ0n) is 22.4. The molecule has 9 heteroatoms. The second-order valence-electron chi connectivity index (χ2n) is 9.77. The lowest BCUT2D eigenvalue weighted by Gasteiger charge is -2.15. The molecule has 0 aliphatic rings. The number of carbonyl (C=O) groups excluding carboxylic acids is 3. The summed E-state index contributed by atoms with van der Waals surface area (Å²) in [6.45, 7) is 1.89. The number of hydrogen-bond donors (Lipinski definition) is 4. The van der Waals surface area contributed by atoms with E-state index in [2.05, 4.69) is 20.6 Å². The molecule has 0 bridgehead atoms. The van der Waals surface area contributed by atoms with Crippen LogP contribution in [-0.4, -0.2) is 27.7 Å². The third-order valence-electron chi connectivity index (χ3n) is 7.15. The van der Waals surface area contributed by atoms with E-state index >= 15 is 0 Å². The highest BCUT2D eigenvalue weighted by Gasteiger charge is 2.19. The molecule has 42 heavy (non-hydrogen) atoms. The lowest BCUT2D eigenvalue weighted by atomic mass is 9.93. The van der Waals surface area contributed by atoms with Gasteiger partial charge in [-0.05, 0) is 84.3 Å². The van der Waals surface area contributed by atoms with Gasteiger partial charge in [-0.25, -0.2) is 4.39 Å². The maximum absolute atomic E-state index is 13.3. The third-order valence-corrected chi connectivity index (χ3v) is 7.15. The topological polar surface area (TPSA) is 130 Å². The highest BCUT2D eigenvalue weighted by atomic mass is 19.1. The van der Waals surface area contributed by atoms with Crippen LogP contribution < -0.4 is 16.4 Å². The van der Waals surface area contributed by atoms with Crippen molar-refractivity contribution in [3.63, 3.8) is 0 Å². The molecular formula is C33H24FN5O3. The van der Waals surface area contributed by atoms with Crippen LogP contribution in [-0.2, 0) is 0 Å².